The van der Waals surface area contributed by atoms with E-state index in [1.54, 1.807) is 0 Å². The maximum atomic E-state index is 11.9. The van der Waals surface area contributed by atoms with Crippen molar-refractivity contribution in [3.63, 3.8) is 0 Å². The lowest BCUT2D eigenvalue weighted by molar-refractivity contribution is -0.130. The van der Waals surface area contributed by atoms with Crippen molar-refractivity contribution in [2.45, 2.75) is 25.8 Å². The number of hydrogen-bond donors (Lipinski definition) is 0. The van der Waals surface area contributed by atoms with E-state index in [0.29, 0.717) is 13.0 Å². The number of carbonyl (C=O) groups excluding carboxylic acids is 1. The van der Waals surface area contributed by atoms with Gasteiger partial charge in [-0.3, -0.25) is 9.69 Å². The van der Waals surface area contributed by atoms with Gasteiger partial charge in [-0.2, -0.15) is 0 Å². The molecule has 2 aliphatic rings. The molecule has 15 heavy (non-hydrogen) atoms. The Morgan fingerprint density at radius 1 is 1.47 bits per heavy atom. The Hall–Kier alpha value is -0.620. The first-order chi connectivity index (χ1) is 7.04. The molecule has 0 radical (unpaired) electrons. The molecule has 5 nitrogen and oxygen atoms in total. The van der Waals surface area contributed by atoms with Crippen molar-refractivity contribution in [1.82, 2.24) is 9.21 Å². The molecular formula is C9H16N2O3S. The molecule has 0 spiro atoms. The van der Waals surface area contributed by atoms with Crippen LogP contribution in [0.4, 0.5) is 0 Å². The minimum Gasteiger partial charge on any atom is -0.292 e. The molecule has 1 amide bonds. The first-order valence-corrected chi connectivity index (χ1v) is 6.93. The molecule has 2 fully saturated rings. The fourth-order valence-electron chi connectivity index (χ4n) is 2.35. The molecule has 0 aromatic rings. The molecule has 2 saturated heterocycles. The molecule has 86 valence electrons. The standard InChI is InChI=1S/C9H16N2O3S/c1-2-5-15(13,14)11-8-3-4-10(6-8)7-9(11)12/h8H,2-7H2,1H3. The van der Waals surface area contributed by atoms with Crippen LogP contribution in [0, 0.1) is 0 Å². The van der Waals surface area contributed by atoms with Gasteiger partial charge in [0.2, 0.25) is 10.0 Å². The van der Waals surface area contributed by atoms with Crippen molar-refractivity contribution in [3.8, 4) is 0 Å². The maximum absolute atomic E-state index is 11.9. The minimum atomic E-state index is -3.36. The van der Waals surface area contributed by atoms with E-state index in [1.165, 1.54) is 0 Å². The Labute approximate surface area is 90.1 Å². The Morgan fingerprint density at radius 2 is 2.20 bits per heavy atom. The summed E-state index contributed by atoms with van der Waals surface area (Å²) in [6.45, 7) is 3.63. The van der Waals surface area contributed by atoms with Gasteiger partial charge in [0.25, 0.3) is 5.91 Å². The van der Waals surface area contributed by atoms with Crippen LogP contribution in [0.3, 0.4) is 0 Å². The number of sulfonamides is 1. The summed E-state index contributed by atoms with van der Waals surface area (Å²) in [7, 11) is -3.36. The van der Waals surface area contributed by atoms with Crippen molar-refractivity contribution in [2.24, 2.45) is 0 Å². The van der Waals surface area contributed by atoms with Crippen molar-refractivity contribution >= 4 is 15.9 Å². The Kier molecular flexibility index (Phi) is 2.72. The predicted octanol–water partition coefficient (Wildman–Crippen LogP) is -0.357. The minimum absolute atomic E-state index is 0.0786. The molecule has 2 rings (SSSR count). The van der Waals surface area contributed by atoms with Crippen LogP contribution in [0.25, 0.3) is 0 Å². The second kappa shape index (κ2) is 3.75. The largest absolute Gasteiger partial charge is 0.292 e. The molecule has 2 unspecified atom stereocenters. The predicted molar refractivity (Wildman–Crippen MR) is 55.8 cm³/mol. The Bertz CT molecular complexity index is 366. The Morgan fingerprint density at radius 3 is 2.87 bits per heavy atom. The number of rotatable bonds is 3. The van der Waals surface area contributed by atoms with E-state index in [0.717, 1.165) is 17.3 Å². The zero-order valence-electron chi connectivity index (χ0n) is 8.85. The summed E-state index contributed by atoms with van der Waals surface area (Å²) in [6, 6.07) is -0.109. The highest BCUT2D eigenvalue weighted by molar-refractivity contribution is 7.89. The molecule has 6 heteroatoms. The monoisotopic (exact) mass is 232 g/mol. The smallest absolute Gasteiger partial charge is 0.250 e. The van der Waals surface area contributed by atoms with E-state index >= 15 is 0 Å². The third-order valence-electron chi connectivity index (χ3n) is 2.95. The van der Waals surface area contributed by atoms with E-state index < -0.39 is 10.0 Å². The first kappa shape index (κ1) is 10.9. The lowest BCUT2D eigenvalue weighted by Crippen LogP contribution is -2.53. The van der Waals surface area contributed by atoms with Gasteiger partial charge in [-0.1, -0.05) is 6.92 Å². The second-order valence-electron chi connectivity index (χ2n) is 4.18. The summed E-state index contributed by atoms with van der Waals surface area (Å²) in [4.78, 5) is 13.7. The summed E-state index contributed by atoms with van der Waals surface area (Å²) in [5.41, 5.74) is 0. The number of nitrogens with zero attached hydrogens (tertiary/aromatic N) is 2. The molecule has 0 N–H and O–H groups in total. The second-order valence-corrected chi connectivity index (χ2v) is 6.15. The molecular weight excluding hydrogens is 216 g/mol. The molecule has 0 saturated carbocycles. The normalized spacial score (nSPS) is 31.0. The number of carbonyl (C=O) groups is 1. The number of piperazine rings is 1. The van der Waals surface area contributed by atoms with Crippen molar-refractivity contribution in [2.75, 3.05) is 25.4 Å². The number of fused-ring (bicyclic) bond motifs is 2. The van der Waals surface area contributed by atoms with Gasteiger partial charge in [0, 0.05) is 13.1 Å². The molecule has 0 aromatic heterocycles. The average Bonchev–Trinajstić information content (AvgIpc) is 2.46. The molecule has 2 bridgehead atoms. The summed E-state index contributed by atoms with van der Waals surface area (Å²) in [5, 5.41) is 0. The number of hydrogen-bond acceptors (Lipinski definition) is 4. The zero-order chi connectivity index (χ0) is 11.1. The zero-order valence-corrected chi connectivity index (χ0v) is 9.66. The summed E-state index contributed by atoms with van der Waals surface area (Å²) in [6.07, 6.45) is 1.34. The van der Waals surface area contributed by atoms with Crippen LogP contribution in [0.2, 0.25) is 0 Å². The van der Waals surface area contributed by atoms with Gasteiger partial charge < -0.3 is 0 Å². The Balaban J connectivity index is 2.23. The van der Waals surface area contributed by atoms with Gasteiger partial charge in [-0.25, -0.2) is 12.7 Å². The lowest BCUT2D eigenvalue weighted by atomic mass is 10.2. The highest BCUT2D eigenvalue weighted by atomic mass is 32.2. The molecule has 0 aliphatic carbocycles. The molecule has 2 atom stereocenters. The fraction of sp³-hybridized carbons (Fsp3) is 0.889. The molecule has 2 heterocycles. The van der Waals surface area contributed by atoms with E-state index in [4.69, 9.17) is 0 Å². The van der Waals surface area contributed by atoms with Gasteiger partial charge in [0.15, 0.2) is 0 Å². The van der Waals surface area contributed by atoms with Crippen LogP contribution in [-0.4, -0.2) is 55.0 Å². The highest BCUT2D eigenvalue weighted by Gasteiger charge is 2.42. The van der Waals surface area contributed by atoms with E-state index in [9.17, 15) is 13.2 Å². The third kappa shape index (κ3) is 1.88. The van der Waals surface area contributed by atoms with E-state index in [-0.39, 0.29) is 24.2 Å². The van der Waals surface area contributed by atoms with E-state index in [2.05, 4.69) is 0 Å². The van der Waals surface area contributed by atoms with Gasteiger partial charge in [0.05, 0.1) is 18.3 Å². The van der Waals surface area contributed by atoms with Crippen LogP contribution in [0.1, 0.15) is 19.8 Å². The van der Waals surface area contributed by atoms with Crippen LogP contribution in [0.5, 0.6) is 0 Å². The average molecular weight is 232 g/mol. The van der Waals surface area contributed by atoms with Crippen LogP contribution in [0.15, 0.2) is 0 Å². The van der Waals surface area contributed by atoms with Gasteiger partial charge in [-0.05, 0) is 12.8 Å². The summed E-state index contributed by atoms with van der Waals surface area (Å²) < 4.78 is 24.9. The quantitative estimate of drug-likeness (QED) is 0.667. The van der Waals surface area contributed by atoms with Crippen LogP contribution < -0.4 is 0 Å². The first-order valence-electron chi connectivity index (χ1n) is 5.32. The summed E-state index contributed by atoms with van der Waals surface area (Å²) >= 11 is 0. The van der Waals surface area contributed by atoms with Crippen LogP contribution >= 0.6 is 0 Å². The SMILES string of the molecule is CCCS(=O)(=O)N1C(=O)CN2CCC1C2. The molecule has 2 aliphatic heterocycles. The summed E-state index contributed by atoms with van der Waals surface area (Å²) in [5.74, 6) is -0.174. The maximum Gasteiger partial charge on any atom is 0.250 e. The van der Waals surface area contributed by atoms with Gasteiger partial charge in [-0.15, -0.1) is 0 Å². The van der Waals surface area contributed by atoms with Crippen molar-refractivity contribution in [1.29, 1.82) is 0 Å². The third-order valence-corrected chi connectivity index (χ3v) is 4.97. The van der Waals surface area contributed by atoms with Gasteiger partial charge in [0.1, 0.15) is 0 Å². The van der Waals surface area contributed by atoms with Gasteiger partial charge >= 0.3 is 0 Å². The van der Waals surface area contributed by atoms with Crippen molar-refractivity contribution < 1.29 is 13.2 Å². The van der Waals surface area contributed by atoms with Crippen molar-refractivity contribution in [3.05, 3.63) is 0 Å². The molecule has 0 aromatic carbocycles. The lowest BCUT2D eigenvalue weighted by Gasteiger charge is -2.33. The fourth-order valence-corrected chi connectivity index (χ4v) is 4.06. The highest BCUT2D eigenvalue weighted by Crippen LogP contribution is 2.24. The van der Waals surface area contributed by atoms with Crippen LogP contribution in [-0.2, 0) is 14.8 Å². The number of amides is 1. The topological polar surface area (TPSA) is 57.7 Å². The van der Waals surface area contributed by atoms with E-state index in [1.807, 2.05) is 11.8 Å².